The van der Waals surface area contributed by atoms with Crippen molar-refractivity contribution in [2.24, 2.45) is 11.7 Å². The van der Waals surface area contributed by atoms with Crippen LogP contribution in [0.4, 0.5) is 0 Å². The first kappa shape index (κ1) is 12.6. The van der Waals surface area contributed by atoms with Gasteiger partial charge in [0.15, 0.2) is 0 Å². The van der Waals surface area contributed by atoms with Crippen molar-refractivity contribution in [3.8, 4) is 0 Å². The Labute approximate surface area is 97.4 Å². The molecular weight excluding hydrogens is 202 g/mol. The van der Waals surface area contributed by atoms with Crippen LogP contribution in [0, 0.1) is 19.8 Å². The molecule has 0 aliphatic carbocycles. The van der Waals surface area contributed by atoms with Crippen LogP contribution in [0.2, 0.25) is 0 Å². The maximum absolute atomic E-state index is 6.02. The number of nitrogens with two attached hydrogens (primary N) is 1. The molecule has 0 bridgehead atoms. The summed E-state index contributed by atoms with van der Waals surface area (Å²) in [4.78, 5) is 1.36. The molecule has 2 heteroatoms. The van der Waals surface area contributed by atoms with Crippen LogP contribution in [-0.2, 0) is 0 Å². The van der Waals surface area contributed by atoms with Gasteiger partial charge in [-0.1, -0.05) is 31.5 Å². The fourth-order valence-electron chi connectivity index (χ4n) is 1.34. The van der Waals surface area contributed by atoms with Crippen molar-refractivity contribution in [2.45, 2.75) is 38.6 Å². The average Bonchev–Trinajstić information content (AvgIpc) is 2.15. The molecule has 1 unspecified atom stereocenters. The Kier molecular flexibility index (Phi) is 4.68. The maximum Gasteiger partial charge on any atom is 0.0157 e. The fourth-order valence-corrected chi connectivity index (χ4v) is 2.55. The molecule has 84 valence electrons. The molecule has 0 saturated heterocycles. The molecule has 1 nitrogen and oxygen atoms in total. The molecule has 1 aromatic rings. The molecule has 15 heavy (non-hydrogen) atoms. The highest BCUT2D eigenvalue weighted by Gasteiger charge is 2.08. The average molecular weight is 223 g/mol. The van der Waals surface area contributed by atoms with Gasteiger partial charge in [-0.25, -0.2) is 0 Å². The summed E-state index contributed by atoms with van der Waals surface area (Å²) >= 11 is 1.87. The van der Waals surface area contributed by atoms with Crippen molar-refractivity contribution < 1.29 is 0 Å². The fraction of sp³-hybridized carbons (Fsp3) is 0.538. The highest BCUT2D eigenvalue weighted by molar-refractivity contribution is 7.99. The highest BCUT2D eigenvalue weighted by atomic mass is 32.2. The normalized spacial score (nSPS) is 13.2. The molecule has 0 fully saturated rings. The van der Waals surface area contributed by atoms with Crippen LogP contribution in [0.5, 0.6) is 0 Å². The van der Waals surface area contributed by atoms with E-state index in [9.17, 15) is 0 Å². The van der Waals surface area contributed by atoms with E-state index in [1.807, 2.05) is 11.8 Å². The van der Waals surface area contributed by atoms with Gasteiger partial charge < -0.3 is 5.73 Å². The number of benzene rings is 1. The van der Waals surface area contributed by atoms with E-state index in [-0.39, 0.29) is 6.04 Å². The summed E-state index contributed by atoms with van der Waals surface area (Å²) in [7, 11) is 0. The van der Waals surface area contributed by atoms with E-state index < -0.39 is 0 Å². The largest absolute Gasteiger partial charge is 0.327 e. The maximum atomic E-state index is 6.02. The van der Waals surface area contributed by atoms with Gasteiger partial charge in [0.1, 0.15) is 0 Å². The molecule has 0 amide bonds. The van der Waals surface area contributed by atoms with Crippen molar-refractivity contribution in [3.63, 3.8) is 0 Å². The van der Waals surface area contributed by atoms with Crippen molar-refractivity contribution in [1.82, 2.24) is 0 Å². The minimum atomic E-state index is 0.288. The minimum Gasteiger partial charge on any atom is -0.327 e. The third-order valence-electron chi connectivity index (χ3n) is 2.62. The summed E-state index contributed by atoms with van der Waals surface area (Å²) in [6, 6.07) is 6.87. The second kappa shape index (κ2) is 5.57. The summed E-state index contributed by atoms with van der Waals surface area (Å²) in [6.07, 6.45) is 0. The second-order valence-electron chi connectivity index (χ2n) is 4.49. The summed E-state index contributed by atoms with van der Waals surface area (Å²) < 4.78 is 0. The van der Waals surface area contributed by atoms with Gasteiger partial charge in [0.2, 0.25) is 0 Å². The third-order valence-corrected chi connectivity index (χ3v) is 3.94. The summed E-state index contributed by atoms with van der Waals surface area (Å²) in [5, 5.41) is 0. The predicted molar refractivity (Wildman–Crippen MR) is 69.5 cm³/mol. The predicted octanol–water partition coefficient (Wildman–Crippen LogP) is 3.38. The molecule has 0 aliphatic rings. The molecular formula is C13H21NS. The quantitative estimate of drug-likeness (QED) is 0.792. The molecule has 0 saturated carbocycles. The molecule has 2 N–H and O–H groups in total. The van der Waals surface area contributed by atoms with Gasteiger partial charge in [0, 0.05) is 16.7 Å². The van der Waals surface area contributed by atoms with Gasteiger partial charge in [-0.2, -0.15) is 0 Å². The van der Waals surface area contributed by atoms with E-state index in [1.165, 1.54) is 16.0 Å². The van der Waals surface area contributed by atoms with Gasteiger partial charge in [-0.3, -0.25) is 0 Å². The lowest BCUT2D eigenvalue weighted by Gasteiger charge is -2.15. The molecule has 1 atom stereocenters. The number of aryl methyl sites for hydroxylation is 2. The van der Waals surface area contributed by atoms with Gasteiger partial charge in [0.05, 0.1) is 0 Å². The SMILES string of the molecule is Cc1ccc(SCC(N)C(C)C)c(C)c1. The Balaban J connectivity index is 2.58. The zero-order valence-corrected chi connectivity index (χ0v) is 10.9. The minimum absolute atomic E-state index is 0.288. The van der Waals surface area contributed by atoms with Crippen molar-refractivity contribution in [1.29, 1.82) is 0 Å². The topological polar surface area (TPSA) is 26.0 Å². The van der Waals surface area contributed by atoms with E-state index in [1.54, 1.807) is 0 Å². The standard InChI is InChI=1S/C13H21NS/c1-9(2)12(14)8-15-13-6-5-10(3)7-11(13)4/h5-7,9,12H,8,14H2,1-4H3. The smallest absolute Gasteiger partial charge is 0.0157 e. The lowest BCUT2D eigenvalue weighted by atomic mass is 10.1. The van der Waals surface area contributed by atoms with Crippen LogP contribution in [0.3, 0.4) is 0 Å². The van der Waals surface area contributed by atoms with E-state index in [2.05, 4.69) is 45.9 Å². The Hall–Kier alpha value is -0.470. The van der Waals surface area contributed by atoms with Crippen LogP contribution in [-0.4, -0.2) is 11.8 Å². The number of hydrogen-bond acceptors (Lipinski definition) is 2. The third kappa shape index (κ3) is 3.88. The van der Waals surface area contributed by atoms with Crippen LogP contribution in [0.1, 0.15) is 25.0 Å². The number of thioether (sulfide) groups is 1. The summed E-state index contributed by atoms with van der Waals surface area (Å²) in [5.74, 6) is 1.56. The van der Waals surface area contributed by atoms with Crippen LogP contribution in [0.25, 0.3) is 0 Å². The van der Waals surface area contributed by atoms with E-state index in [4.69, 9.17) is 5.73 Å². The van der Waals surface area contributed by atoms with Gasteiger partial charge in [0.25, 0.3) is 0 Å². The Morgan fingerprint density at radius 1 is 1.27 bits per heavy atom. The summed E-state index contributed by atoms with van der Waals surface area (Å²) in [6.45, 7) is 8.64. The van der Waals surface area contributed by atoms with E-state index in [0.717, 1.165) is 5.75 Å². The van der Waals surface area contributed by atoms with E-state index >= 15 is 0 Å². The first-order chi connectivity index (χ1) is 7.00. The van der Waals surface area contributed by atoms with E-state index in [0.29, 0.717) is 5.92 Å². The number of hydrogen-bond donors (Lipinski definition) is 1. The van der Waals surface area contributed by atoms with Crippen LogP contribution in [0.15, 0.2) is 23.1 Å². The lowest BCUT2D eigenvalue weighted by molar-refractivity contribution is 0.535. The molecule has 1 aromatic carbocycles. The second-order valence-corrected chi connectivity index (χ2v) is 5.55. The van der Waals surface area contributed by atoms with Crippen LogP contribution >= 0.6 is 11.8 Å². The Morgan fingerprint density at radius 3 is 2.47 bits per heavy atom. The van der Waals surface area contributed by atoms with Gasteiger partial charge >= 0.3 is 0 Å². The first-order valence-electron chi connectivity index (χ1n) is 5.46. The molecule has 0 aliphatic heterocycles. The Morgan fingerprint density at radius 2 is 1.93 bits per heavy atom. The first-order valence-corrected chi connectivity index (χ1v) is 6.45. The molecule has 0 heterocycles. The molecule has 0 aromatic heterocycles. The number of rotatable bonds is 4. The summed E-state index contributed by atoms with van der Waals surface area (Å²) in [5.41, 5.74) is 8.70. The molecule has 0 spiro atoms. The van der Waals surface area contributed by atoms with Crippen molar-refractivity contribution >= 4 is 11.8 Å². The van der Waals surface area contributed by atoms with Gasteiger partial charge in [-0.05, 0) is 31.4 Å². The van der Waals surface area contributed by atoms with Gasteiger partial charge in [-0.15, -0.1) is 11.8 Å². The zero-order valence-electron chi connectivity index (χ0n) is 10.1. The lowest BCUT2D eigenvalue weighted by Crippen LogP contribution is -2.28. The van der Waals surface area contributed by atoms with Crippen LogP contribution < -0.4 is 5.73 Å². The monoisotopic (exact) mass is 223 g/mol. The molecule has 1 rings (SSSR count). The van der Waals surface area contributed by atoms with Crippen molar-refractivity contribution in [3.05, 3.63) is 29.3 Å². The molecule has 0 radical (unpaired) electrons. The van der Waals surface area contributed by atoms with Crippen molar-refractivity contribution in [2.75, 3.05) is 5.75 Å². The zero-order chi connectivity index (χ0) is 11.4. The highest BCUT2D eigenvalue weighted by Crippen LogP contribution is 2.24. The Bertz CT molecular complexity index is 320.